The van der Waals surface area contributed by atoms with Crippen LogP contribution in [0.3, 0.4) is 0 Å². The minimum absolute atomic E-state index is 0. The first kappa shape index (κ1) is 36.0. The van der Waals surface area contributed by atoms with Crippen LogP contribution in [-0.4, -0.2) is 29.4 Å². The molecule has 0 bridgehead atoms. The van der Waals surface area contributed by atoms with Crippen molar-refractivity contribution in [2.24, 2.45) is 0 Å². The van der Waals surface area contributed by atoms with E-state index in [0.29, 0.717) is 0 Å². The molecule has 0 aromatic rings. The second-order valence-corrected chi connectivity index (χ2v) is 1.15. The first-order valence-corrected chi connectivity index (χ1v) is 2.13. The minimum atomic E-state index is -2.19. The Kier molecular flexibility index (Phi) is 46.7. The molecule has 12 heteroatoms. The van der Waals surface area contributed by atoms with Crippen molar-refractivity contribution in [1.29, 1.82) is 0 Å². The molecule has 1 radical (unpaired) electrons. The van der Waals surface area contributed by atoms with Crippen LogP contribution in [0.2, 0.25) is 0 Å². The van der Waals surface area contributed by atoms with Gasteiger partial charge in [-0.25, -0.2) is 0 Å². The molecule has 0 spiro atoms. The fourth-order valence-electron chi connectivity index (χ4n) is 0. The molecule has 16 heavy (non-hydrogen) atoms. The number of carbonyl (C=O) groups excluding carboxylic acids is 4. The maximum absolute atomic E-state index is 8.93. The summed E-state index contributed by atoms with van der Waals surface area (Å²) in [6.45, 7) is 0. The van der Waals surface area contributed by atoms with Crippen LogP contribution in [-0.2, 0) is 37.7 Å². The van der Waals surface area contributed by atoms with Gasteiger partial charge in [-0.2, -0.15) is 0 Å². The molecule has 2 N–H and O–H groups in total. The van der Waals surface area contributed by atoms with E-state index >= 15 is 0 Å². The molecule has 0 unspecified atom stereocenters. The molecule has 0 aliphatic carbocycles. The SMILES string of the molecule is O.O=C([O-])C(=O)[O-].O=C([O-])C(=O)[O-].[Na+].[Na+].[V+2]. The van der Waals surface area contributed by atoms with E-state index in [1.807, 2.05) is 0 Å². The molecular formula is C4H2Na2O9V. The molecule has 9 nitrogen and oxygen atoms in total. The quantitative estimate of drug-likeness (QED) is 0.310. The van der Waals surface area contributed by atoms with E-state index in [2.05, 4.69) is 0 Å². The summed E-state index contributed by atoms with van der Waals surface area (Å²) in [5, 5.41) is 35.7. The zero-order valence-electron chi connectivity index (χ0n) is 8.21. The maximum atomic E-state index is 8.93. The van der Waals surface area contributed by atoms with Gasteiger partial charge in [0.25, 0.3) is 0 Å². The van der Waals surface area contributed by atoms with Crippen LogP contribution in [0.5, 0.6) is 0 Å². The molecule has 0 amide bonds. The van der Waals surface area contributed by atoms with Crippen molar-refractivity contribution in [1.82, 2.24) is 0 Å². The van der Waals surface area contributed by atoms with Crippen molar-refractivity contribution >= 4 is 23.9 Å². The van der Waals surface area contributed by atoms with Crippen LogP contribution in [0.25, 0.3) is 0 Å². The number of hydrogen-bond donors (Lipinski definition) is 0. The Morgan fingerprint density at radius 3 is 0.625 bits per heavy atom. The summed E-state index contributed by atoms with van der Waals surface area (Å²) in [4.78, 5) is 35.7. The third kappa shape index (κ3) is 36.6. The van der Waals surface area contributed by atoms with E-state index in [1.54, 1.807) is 0 Å². The molecule has 0 atom stereocenters. The maximum Gasteiger partial charge on any atom is 2.00 e. The average molecular weight is 291 g/mol. The van der Waals surface area contributed by atoms with E-state index in [4.69, 9.17) is 39.6 Å². The molecule has 0 aromatic heterocycles. The first-order valence-electron chi connectivity index (χ1n) is 2.13. The predicted octanol–water partition coefficient (Wildman–Crippen LogP) is -13.8. The molecule has 0 saturated carbocycles. The van der Waals surface area contributed by atoms with Crippen molar-refractivity contribution in [3.05, 3.63) is 0 Å². The van der Waals surface area contributed by atoms with Gasteiger partial charge in [-0.15, -0.1) is 0 Å². The van der Waals surface area contributed by atoms with E-state index in [1.165, 1.54) is 0 Å². The van der Waals surface area contributed by atoms with Crippen LogP contribution in [0.15, 0.2) is 0 Å². The van der Waals surface area contributed by atoms with Gasteiger partial charge < -0.3 is 45.1 Å². The molecule has 79 valence electrons. The average Bonchev–Trinajstić information content (AvgIpc) is 1.88. The first-order chi connectivity index (χ1) is 5.29. The summed E-state index contributed by atoms with van der Waals surface area (Å²) in [5.74, 6) is -8.74. The summed E-state index contributed by atoms with van der Waals surface area (Å²) >= 11 is 0. The third-order valence-corrected chi connectivity index (χ3v) is 0.333. The van der Waals surface area contributed by atoms with Gasteiger partial charge in [-0.3, -0.25) is 0 Å². The van der Waals surface area contributed by atoms with Crippen molar-refractivity contribution in [3.63, 3.8) is 0 Å². The summed E-state index contributed by atoms with van der Waals surface area (Å²) in [5.41, 5.74) is 0. The van der Waals surface area contributed by atoms with Gasteiger partial charge in [-0.1, -0.05) is 0 Å². The Hall–Kier alpha value is 0.424. The third-order valence-electron chi connectivity index (χ3n) is 0.333. The van der Waals surface area contributed by atoms with E-state index < -0.39 is 23.9 Å². The van der Waals surface area contributed by atoms with Gasteiger partial charge in [-0.05, 0) is 0 Å². The molecule has 0 fully saturated rings. The van der Waals surface area contributed by atoms with Gasteiger partial charge in [0, 0.05) is 0 Å². The minimum Gasteiger partial charge on any atom is -0.543 e. The second kappa shape index (κ2) is 20.8. The number of carboxylic acid groups (broad SMARTS) is 4. The Labute approximate surface area is 145 Å². The van der Waals surface area contributed by atoms with Gasteiger partial charge in [0.05, 0.1) is 23.9 Å². The topological polar surface area (TPSA) is 192 Å². The zero-order chi connectivity index (χ0) is 10.3. The number of rotatable bonds is 0. The smallest absolute Gasteiger partial charge is 0.543 e. The van der Waals surface area contributed by atoms with Crippen LogP contribution < -0.4 is 79.5 Å². The molecule has 0 saturated heterocycles. The van der Waals surface area contributed by atoms with Crippen LogP contribution in [0.1, 0.15) is 0 Å². The van der Waals surface area contributed by atoms with Crippen molar-refractivity contribution in [3.8, 4) is 0 Å². The standard InChI is InChI=1S/2C2H2O4.2Na.H2O.V/c2*3-1(4)2(5)6;;;;/h2*(H,3,4)(H,5,6);;;1H2;/q;;2*+1;;+2/p-4. The van der Waals surface area contributed by atoms with E-state index in [0.717, 1.165) is 0 Å². The number of carbonyl (C=O) groups is 4. The van der Waals surface area contributed by atoms with Crippen molar-refractivity contribution in [2.45, 2.75) is 0 Å². The van der Waals surface area contributed by atoms with Gasteiger partial charge in [0.2, 0.25) is 0 Å². The Balaban J connectivity index is -0.0000000250. The van der Waals surface area contributed by atoms with Crippen molar-refractivity contribution in [2.75, 3.05) is 0 Å². The van der Waals surface area contributed by atoms with Gasteiger partial charge in [0.1, 0.15) is 0 Å². The largest absolute Gasteiger partial charge is 2.00 e. The van der Waals surface area contributed by atoms with Crippen molar-refractivity contribution < 1.29 is 123 Å². The second-order valence-electron chi connectivity index (χ2n) is 1.15. The van der Waals surface area contributed by atoms with Crippen LogP contribution in [0.4, 0.5) is 0 Å². The monoisotopic (exact) mass is 291 g/mol. The van der Waals surface area contributed by atoms with Crippen LogP contribution >= 0.6 is 0 Å². The summed E-state index contributed by atoms with van der Waals surface area (Å²) in [6.07, 6.45) is 0. The summed E-state index contributed by atoms with van der Waals surface area (Å²) < 4.78 is 0. The zero-order valence-corrected chi connectivity index (χ0v) is 13.6. The molecular weight excluding hydrogens is 289 g/mol. The summed E-state index contributed by atoms with van der Waals surface area (Å²) in [7, 11) is 0. The fraction of sp³-hybridized carbons (Fsp3) is 0. The molecule has 0 aliphatic rings. The molecule has 0 heterocycles. The Bertz CT molecular complexity index is 182. The molecule has 0 aliphatic heterocycles. The Morgan fingerprint density at radius 1 is 0.562 bits per heavy atom. The molecule has 0 aromatic carbocycles. The Morgan fingerprint density at radius 2 is 0.625 bits per heavy atom. The van der Waals surface area contributed by atoms with Gasteiger partial charge >= 0.3 is 77.7 Å². The summed E-state index contributed by atoms with van der Waals surface area (Å²) in [6, 6.07) is 0. The van der Waals surface area contributed by atoms with Crippen LogP contribution in [0, 0.1) is 0 Å². The number of hydrogen-bond acceptors (Lipinski definition) is 8. The van der Waals surface area contributed by atoms with E-state index in [-0.39, 0.29) is 83.1 Å². The fourth-order valence-corrected chi connectivity index (χ4v) is 0. The normalized spacial score (nSPS) is 5.50. The number of aliphatic carboxylic acids is 4. The number of carboxylic acids is 4. The molecule has 0 rings (SSSR count). The predicted molar refractivity (Wildman–Crippen MR) is 23.6 cm³/mol. The van der Waals surface area contributed by atoms with Gasteiger partial charge in [0.15, 0.2) is 0 Å². The van der Waals surface area contributed by atoms with E-state index in [9.17, 15) is 0 Å².